The molecule has 1 saturated heterocycles. The highest BCUT2D eigenvalue weighted by atomic mass is 19.1. The molecule has 0 atom stereocenters. The molecule has 0 saturated carbocycles. The Morgan fingerprint density at radius 1 is 1.06 bits per heavy atom. The van der Waals surface area contributed by atoms with Crippen LogP contribution in [0.15, 0.2) is 67.0 Å². The summed E-state index contributed by atoms with van der Waals surface area (Å²) in [6.07, 6.45) is 3.94. The fraction of sp³-hybridized carbons (Fsp3) is 0.240. The second kappa shape index (κ2) is 10.7. The van der Waals surface area contributed by atoms with Crippen LogP contribution in [-0.4, -0.2) is 46.2 Å². The number of nitrogens with one attached hydrogen (secondary N) is 1. The molecule has 34 heavy (non-hydrogen) atoms. The van der Waals surface area contributed by atoms with Gasteiger partial charge in [0.25, 0.3) is 0 Å². The summed E-state index contributed by atoms with van der Waals surface area (Å²) in [4.78, 5) is 29.1. The smallest absolute Gasteiger partial charge is 0.337 e. The van der Waals surface area contributed by atoms with E-state index in [1.165, 1.54) is 30.6 Å². The summed E-state index contributed by atoms with van der Waals surface area (Å²) >= 11 is 0. The second-order valence-corrected chi connectivity index (χ2v) is 7.89. The van der Waals surface area contributed by atoms with Gasteiger partial charge in [-0.3, -0.25) is 4.98 Å². The van der Waals surface area contributed by atoms with E-state index in [1.54, 1.807) is 29.2 Å². The molecular formula is C25H24FN3O5. The molecule has 9 heteroatoms. The zero-order valence-corrected chi connectivity index (χ0v) is 18.3. The molecule has 0 unspecified atom stereocenters. The molecule has 4 rings (SSSR count). The van der Waals surface area contributed by atoms with Gasteiger partial charge in [-0.1, -0.05) is 12.1 Å². The van der Waals surface area contributed by atoms with Crippen molar-refractivity contribution in [3.8, 4) is 11.5 Å². The highest BCUT2D eigenvalue weighted by molar-refractivity contribution is 5.92. The van der Waals surface area contributed by atoms with Gasteiger partial charge in [-0.2, -0.15) is 0 Å². The SMILES string of the molecule is O=C(O)c1cncc(NC(=O)N2CCC(Oc3ccc(OCc4cccc(F)c4)cc3)CC2)c1. The Bertz CT molecular complexity index is 1150. The fourth-order valence-electron chi connectivity index (χ4n) is 3.60. The fourth-order valence-corrected chi connectivity index (χ4v) is 3.60. The Morgan fingerprint density at radius 3 is 2.50 bits per heavy atom. The van der Waals surface area contributed by atoms with Crippen molar-refractivity contribution in [2.24, 2.45) is 0 Å². The predicted octanol–water partition coefficient (Wildman–Crippen LogP) is 4.57. The molecule has 0 bridgehead atoms. The largest absolute Gasteiger partial charge is 0.490 e. The molecule has 1 aliphatic heterocycles. The van der Waals surface area contributed by atoms with E-state index >= 15 is 0 Å². The summed E-state index contributed by atoms with van der Waals surface area (Å²) < 4.78 is 25.0. The number of anilines is 1. The molecule has 2 N–H and O–H groups in total. The van der Waals surface area contributed by atoms with Crippen LogP contribution in [0, 0.1) is 5.82 Å². The second-order valence-electron chi connectivity index (χ2n) is 7.89. The van der Waals surface area contributed by atoms with Crippen LogP contribution in [0.5, 0.6) is 11.5 Å². The van der Waals surface area contributed by atoms with Crippen LogP contribution in [0.4, 0.5) is 14.9 Å². The lowest BCUT2D eigenvalue weighted by Crippen LogP contribution is -2.43. The molecule has 176 valence electrons. The Kier molecular flexibility index (Phi) is 7.22. The van der Waals surface area contributed by atoms with Crippen molar-refractivity contribution >= 4 is 17.7 Å². The van der Waals surface area contributed by atoms with Crippen molar-refractivity contribution < 1.29 is 28.6 Å². The van der Waals surface area contributed by atoms with Crippen molar-refractivity contribution in [2.75, 3.05) is 18.4 Å². The van der Waals surface area contributed by atoms with Gasteiger partial charge in [0.2, 0.25) is 0 Å². The van der Waals surface area contributed by atoms with E-state index in [1.807, 2.05) is 12.1 Å². The molecule has 8 nitrogen and oxygen atoms in total. The van der Waals surface area contributed by atoms with Crippen molar-refractivity contribution in [1.29, 1.82) is 0 Å². The summed E-state index contributed by atoms with van der Waals surface area (Å²) in [7, 11) is 0. The molecule has 2 heterocycles. The van der Waals surface area contributed by atoms with Crippen molar-refractivity contribution in [3.63, 3.8) is 0 Å². The number of amides is 2. The van der Waals surface area contributed by atoms with Crippen LogP contribution in [0.2, 0.25) is 0 Å². The van der Waals surface area contributed by atoms with E-state index in [9.17, 15) is 14.0 Å². The number of carbonyl (C=O) groups is 2. The molecule has 1 aliphatic rings. The summed E-state index contributed by atoms with van der Waals surface area (Å²) in [6, 6.07) is 14.6. The first-order valence-electron chi connectivity index (χ1n) is 10.8. The third kappa shape index (κ3) is 6.22. The van der Waals surface area contributed by atoms with Crippen molar-refractivity contribution in [2.45, 2.75) is 25.6 Å². The first kappa shape index (κ1) is 23.0. The topological polar surface area (TPSA) is 101 Å². The number of hydrogen-bond donors (Lipinski definition) is 2. The van der Waals surface area contributed by atoms with Gasteiger partial charge in [0.05, 0.1) is 17.4 Å². The Morgan fingerprint density at radius 2 is 1.79 bits per heavy atom. The third-order valence-electron chi connectivity index (χ3n) is 5.39. The van der Waals surface area contributed by atoms with Crippen LogP contribution < -0.4 is 14.8 Å². The number of carboxylic acids is 1. The first-order valence-corrected chi connectivity index (χ1v) is 10.8. The number of pyridine rings is 1. The molecule has 2 aromatic carbocycles. The van der Waals surface area contributed by atoms with Gasteiger partial charge in [-0.15, -0.1) is 0 Å². The number of likely N-dealkylation sites (tertiary alicyclic amines) is 1. The number of carboxylic acid groups (broad SMARTS) is 1. The van der Waals surface area contributed by atoms with E-state index in [0.29, 0.717) is 43.1 Å². The average Bonchev–Trinajstić information content (AvgIpc) is 2.84. The number of hydrogen-bond acceptors (Lipinski definition) is 5. The lowest BCUT2D eigenvalue weighted by molar-refractivity contribution is 0.0696. The zero-order valence-electron chi connectivity index (χ0n) is 18.3. The van der Waals surface area contributed by atoms with Crippen molar-refractivity contribution in [1.82, 2.24) is 9.88 Å². The van der Waals surface area contributed by atoms with Crippen LogP contribution >= 0.6 is 0 Å². The van der Waals surface area contributed by atoms with Crippen LogP contribution in [0.1, 0.15) is 28.8 Å². The van der Waals surface area contributed by atoms with Gasteiger partial charge in [-0.05, 0) is 48.0 Å². The first-order chi connectivity index (χ1) is 16.5. The normalized spacial score (nSPS) is 13.9. The minimum atomic E-state index is -1.10. The molecule has 0 spiro atoms. The van der Waals surface area contributed by atoms with Gasteiger partial charge in [0.15, 0.2) is 0 Å². The van der Waals surface area contributed by atoms with Crippen LogP contribution in [-0.2, 0) is 6.61 Å². The van der Waals surface area contributed by atoms with E-state index in [-0.39, 0.29) is 30.1 Å². The summed E-state index contributed by atoms with van der Waals surface area (Å²) in [6.45, 7) is 1.30. The van der Waals surface area contributed by atoms with Gasteiger partial charge < -0.3 is 24.8 Å². The number of rotatable bonds is 7. The van der Waals surface area contributed by atoms with Crippen LogP contribution in [0.3, 0.4) is 0 Å². The van der Waals surface area contributed by atoms with Gasteiger partial charge >= 0.3 is 12.0 Å². The van der Waals surface area contributed by atoms with Gasteiger partial charge in [-0.25, -0.2) is 14.0 Å². The number of nitrogens with zero attached hydrogens (tertiary/aromatic N) is 2. The molecule has 1 aromatic heterocycles. The molecular weight excluding hydrogens is 441 g/mol. The van der Waals surface area contributed by atoms with Crippen LogP contribution in [0.25, 0.3) is 0 Å². The number of halogens is 1. The number of aromatic nitrogens is 1. The lowest BCUT2D eigenvalue weighted by atomic mass is 10.1. The minimum Gasteiger partial charge on any atom is -0.490 e. The number of aromatic carboxylic acids is 1. The molecule has 0 radical (unpaired) electrons. The van der Waals surface area contributed by atoms with Crippen molar-refractivity contribution in [3.05, 3.63) is 83.9 Å². The van der Waals surface area contributed by atoms with E-state index < -0.39 is 5.97 Å². The number of piperidine rings is 1. The van der Waals surface area contributed by atoms with Gasteiger partial charge in [0.1, 0.15) is 30.0 Å². The number of ether oxygens (including phenoxy) is 2. The summed E-state index contributed by atoms with van der Waals surface area (Å²) in [5, 5.41) is 11.7. The number of benzene rings is 2. The quantitative estimate of drug-likeness (QED) is 0.530. The maximum Gasteiger partial charge on any atom is 0.337 e. The zero-order chi connectivity index (χ0) is 23.9. The standard InChI is InChI=1S/C25H24FN3O5/c26-19-3-1-2-17(12-19)16-33-21-4-6-22(7-5-21)34-23-8-10-29(11-9-23)25(32)28-20-13-18(24(30)31)14-27-15-20/h1-7,12-15,23H,8-11,16H2,(H,28,32)(H,30,31). The summed E-state index contributed by atoms with van der Waals surface area (Å²) in [5.41, 5.74) is 1.10. The lowest BCUT2D eigenvalue weighted by Gasteiger charge is -2.32. The highest BCUT2D eigenvalue weighted by Gasteiger charge is 2.24. The molecule has 3 aromatic rings. The molecule has 2 amide bonds. The predicted molar refractivity (Wildman–Crippen MR) is 123 cm³/mol. The third-order valence-corrected chi connectivity index (χ3v) is 5.39. The maximum atomic E-state index is 13.3. The highest BCUT2D eigenvalue weighted by Crippen LogP contribution is 2.23. The Labute approximate surface area is 195 Å². The Hall–Kier alpha value is -4.14. The average molecular weight is 465 g/mol. The van der Waals surface area contributed by atoms with Gasteiger partial charge in [0, 0.05) is 32.1 Å². The number of urea groups is 1. The minimum absolute atomic E-state index is 0.00953. The van der Waals surface area contributed by atoms with E-state index in [4.69, 9.17) is 14.6 Å². The monoisotopic (exact) mass is 465 g/mol. The van der Waals surface area contributed by atoms with E-state index in [0.717, 1.165) is 5.56 Å². The number of carbonyl (C=O) groups excluding carboxylic acids is 1. The Balaban J connectivity index is 1.22. The molecule has 0 aliphatic carbocycles. The molecule has 1 fully saturated rings. The van der Waals surface area contributed by atoms with E-state index in [2.05, 4.69) is 10.3 Å². The summed E-state index contributed by atoms with van der Waals surface area (Å²) in [5.74, 6) is -0.0346. The maximum absolute atomic E-state index is 13.3.